The second-order valence-corrected chi connectivity index (χ2v) is 8.88. The first-order valence-electron chi connectivity index (χ1n) is 11.6. The van der Waals surface area contributed by atoms with Crippen molar-refractivity contribution in [2.24, 2.45) is 5.92 Å². The van der Waals surface area contributed by atoms with Crippen LogP contribution in [0.15, 0.2) is 67.0 Å². The quantitative estimate of drug-likeness (QED) is 0.418. The molecule has 3 heterocycles. The van der Waals surface area contributed by atoms with Crippen LogP contribution >= 0.6 is 0 Å². The molecular weight excluding hydrogens is 450 g/mol. The van der Waals surface area contributed by atoms with Gasteiger partial charge in [0.2, 0.25) is 0 Å². The van der Waals surface area contributed by atoms with E-state index < -0.39 is 11.6 Å². The number of hydrogen-bond donors (Lipinski definition) is 1. The first-order valence-corrected chi connectivity index (χ1v) is 11.6. The van der Waals surface area contributed by atoms with Gasteiger partial charge in [0.15, 0.2) is 11.6 Å². The third-order valence-electron chi connectivity index (χ3n) is 6.34. The summed E-state index contributed by atoms with van der Waals surface area (Å²) < 4.78 is 34.5. The number of halogens is 2. The fraction of sp³-hybridized carbons (Fsp3) is 0.259. The lowest BCUT2D eigenvalue weighted by Crippen LogP contribution is -2.31. The molecule has 8 heteroatoms. The van der Waals surface area contributed by atoms with Gasteiger partial charge in [0.25, 0.3) is 5.91 Å². The molecule has 2 aromatic heterocycles. The monoisotopic (exact) mass is 476 g/mol. The maximum Gasteiger partial charge on any atom is 0.251 e. The lowest BCUT2D eigenvalue weighted by Gasteiger charge is -2.19. The molecule has 0 bridgehead atoms. The number of ether oxygens (including phenoxy) is 1. The van der Waals surface area contributed by atoms with Crippen LogP contribution < -0.4 is 15.0 Å². The Bertz CT molecular complexity index is 1350. The van der Waals surface area contributed by atoms with Crippen molar-refractivity contribution in [1.82, 2.24) is 14.7 Å². The van der Waals surface area contributed by atoms with E-state index in [4.69, 9.17) is 4.74 Å². The Labute approximate surface area is 202 Å². The van der Waals surface area contributed by atoms with Gasteiger partial charge >= 0.3 is 0 Å². The van der Waals surface area contributed by atoms with Crippen LogP contribution in [0.1, 0.15) is 28.0 Å². The number of carbonyl (C=O) groups is 1. The van der Waals surface area contributed by atoms with Gasteiger partial charge in [0.1, 0.15) is 18.0 Å². The van der Waals surface area contributed by atoms with Crippen molar-refractivity contribution >= 4 is 17.2 Å². The molecule has 1 saturated heterocycles. The number of nitrogens with zero attached hydrogens (tertiary/aromatic N) is 3. The summed E-state index contributed by atoms with van der Waals surface area (Å²) in [5.41, 5.74) is 4.05. The van der Waals surface area contributed by atoms with E-state index in [9.17, 15) is 13.6 Å². The van der Waals surface area contributed by atoms with Crippen LogP contribution in [-0.2, 0) is 6.61 Å². The van der Waals surface area contributed by atoms with E-state index in [2.05, 4.69) is 10.3 Å². The Kier molecular flexibility index (Phi) is 6.35. The number of anilines is 1. The van der Waals surface area contributed by atoms with Gasteiger partial charge in [-0.25, -0.2) is 13.8 Å². The fourth-order valence-corrected chi connectivity index (χ4v) is 4.39. The Morgan fingerprint density at radius 3 is 2.74 bits per heavy atom. The van der Waals surface area contributed by atoms with Crippen molar-refractivity contribution in [3.05, 3.63) is 95.4 Å². The Balaban J connectivity index is 1.11. The molecule has 0 saturated carbocycles. The van der Waals surface area contributed by atoms with E-state index in [1.54, 1.807) is 30.3 Å². The molecule has 1 N–H and O–H groups in total. The number of hydrogen-bond acceptors (Lipinski definition) is 4. The second kappa shape index (κ2) is 9.74. The molecule has 6 nitrogen and oxygen atoms in total. The van der Waals surface area contributed by atoms with E-state index in [0.29, 0.717) is 36.7 Å². The molecule has 1 atom stereocenters. The molecule has 0 radical (unpaired) electrons. The normalized spacial score (nSPS) is 15.5. The molecule has 5 rings (SSSR count). The number of rotatable bonds is 7. The number of aryl methyl sites for hydroxylation is 1. The van der Waals surface area contributed by atoms with Crippen LogP contribution in [0.2, 0.25) is 0 Å². The summed E-state index contributed by atoms with van der Waals surface area (Å²) in [4.78, 5) is 19.2. The molecule has 1 aliphatic rings. The molecule has 180 valence electrons. The average Bonchev–Trinajstić information content (AvgIpc) is 3.51. The van der Waals surface area contributed by atoms with E-state index >= 15 is 0 Å². The molecule has 2 aromatic carbocycles. The number of imidazole rings is 1. The van der Waals surface area contributed by atoms with Crippen molar-refractivity contribution in [2.45, 2.75) is 20.0 Å². The Hall–Kier alpha value is -3.94. The van der Waals surface area contributed by atoms with Crippen molar-refractivity contribution in [2.75, 3.05) is 24.5 Å². The standard InChI is InChI=1S/C27H26F2N4O2/c1-18-3-2-11-33-16-21(31-26(18)33)17-35-23-7-4-20(5-8-23)27(34)30-14-19-10-12-32(15-19)22-6-9-24(28)25(29)13-22/h2-9,11,13,16,19H,10,12,14-15,17H2,1H3,(H,30,34). The molecule has 4 aromatic rings. The number of fused-ring (bicyclic) bond motifs is 1. The lowest BCUT2D eigenvalue weighted by molar-refractivity contribution is 0.0948. The highest BCUT2D eigenvalue weighted by Crippen LogP contribution is 2.25. The number of carbonyl (C=O) groups excluding carboxylic acids is 1. The van der Waals surface area contributed by atoms with Crippen LogP contribution in [-0.4, -0.2) is 34.9 Å². The van der Waals surface area contributed by atoms with Gasteiger partial charge in [-0.15, -0.1) is 0 Å². The van der Waals surface area contributed by atoms with Gasteiger partial charge in [0, 0.05) is 49.3 Å². The number of aromatic nitrogens is 2. The largest absolute Gasteiger partial charge is 0.487 e. The highest BCUT2D eigenvalue weighted by molar-refractivity contribution is 5.94. The maximum atomic E-state index is 13.5. The van der Waals surface area contributed by atoms with E-state index in [-0.39, 0.29) is 11.8 Å². The number of pyridine rings is 1. The summed E-state index contributed by atoms with van der Waals surface area (Å²) in [5.74, 6) is -0.950. The van der Waals surface area contributed by atoms with Crippen LogP contribution in [0.4, 0.5) is 14.5 Å². The summed E-state index contributed by atoms with van der Waals surface area (Å²) >= 11 is 0. The summed E-state index contributed by atoms with van der Waals surface area (Å²) in [7, 11) is 0. The first-order chi connectivity index (χ1) is 17.0. The van der Waals surface area contributed by atoms with Gasteiger partial charge in [-0.05, 0) is 67.3 Å². The summed E-state index contributed by atoms with van der Waals surface area (Å²) in [6.45, 7) is 4.30. The van der Waals surface area contributed by atoms with Crippen molar-refractivity contribution < 1.29 is 18.3 Å². The Morgan fingerprint density at radius 2 is 1.97 bits per heavy atom. The molecule has 1 aliphatic heterocycles. The van der Waals surface area contributed by atoms with E-state index in [0.717, 1.165) is 35.9 Å². The van der Waals surface area contributed by atoms with Crippen LogP contribution in [0.5, 0.6) is 5.75 Å². The van der Waals surface area contributed by atoms with Crippen LogP contribution in [0.3, 0.4) is 0 Å². The minimum Gasteiger partial charge on any atom is -0.487 e. The molecule has 35 heavy (non-hydrogen) atoms. The zero-order valence-corrected chi connectivity index (χ0v) is 19.4. The van der Waals surface area contributed by atoms with Gasteiger partial charge in [0.05, 0.1) is 5.69 Å². The van der Waals surface area contributed by atoms with Gasteiger partial charge < -0.3 is 19.4 Å². The van der Waals surface area contributed by atoms with Gasteiger partial charge in [-0.1, -0.05) is 6.07 Å². The predicted octanol–water partition coefficient (Wildman–Crippen LogP) is 4.76. The summed E-state index contributed by atoms with van der Waals surface area (Å²) in [6.07, 6.45) is 4.77. The number of nitrogens with one attached hydrogen (secondary N) is 1. The van der Waals surface area contributed by atoms with E-state index in [1.165, 1.54) is 6.07 Å². The average molecular weight is 477 g/mol. The van der Waals surface area contributed by atoms with Crippen LogP contribution in [0, 0.1) is 24.5 Å². The molecule has 1 unspecified atom stereocenters. The highest BCUT2D eigenvalue weighted by Gasteiger charge is 2.24. The summed E-state index contributed by atoms with van der Waals surface area (Å²) in [6, 6.07) is 15.0. The number of benzene rings is 2. The zero-order chi connectivity index (χ0) is 24.4. The third-order valence-corrected chi connectivity index (χ3v) is 6.34. The maximum absolute atomic E-state index is 13.5. The van der Waals surface area contributed by atoms with Crippen molar-refractivity contribution in [1.29, 1.82) is 0 Å². The minimum absolute atomic E-state index is 0.154. The van der Waals surface area contributed by atoms with Crippen molar-refractivity contribution in [3.8, 4) is 5.75 Å². The van der Waals surface area contributed by atoms with Crippen molar-refractivity contribution in [3.63, 3.8) is 0 Å². The number of amides is 1. The third kappa shape index (κ3) is 5.11. The molecule has 1 fully saturated rings. The SMILES string of the molecule is Cc1cccn2cc(COc3ccc(C(=O)NCC4CCN(c5ccc(F)c(F)c5)C4)cc3)nc12. The highest BCUT2D eigenvalue weighted by atomic mass is 19.2. The minimum atomic E-state index is -0.849. The van der Waals surface area contributed by atoms with Gasteiger partial charge in [-0.3, -0.25) is 4.79 Å². The second-order valence-electron chi connectivity index (χ2n) is 8.88. The zero-order valence-electron chi connectivity index (χ0n) is 19.4. The lowest BCUT2D eigenvalue weighted by atomic mass is 10.1. The predicted molar refractivity (Wildman–Crippen MR) is 130 cm³/mol. The molecule has 0 spiro atoms. The fourth-order valence-electron chi connectivity index (χ4n) is 4.39. The smallest absolute Gasteiger partial charge is 0.251 e. The Morgan fingerprint density at radius 1 is 1.14 bits per heavy atom. The molecular formula is C27H26F2N4O2. The van der Waals surface area contributed by atoms with E-state index in [1.807, 2.05) is 40.8 Å². The molecule has 0 aliphatic carbocycles. The van der Waals surface area contributed by atoms with Gasteiger partial charge in [-0.2, -0.15) is 0 Å². The summed E-state index contributed by atoms with van der Waals surface area (Å²) in [5, 5.41) is 2.98. The first kappa shape index (κ1) is 22.8. The topological polar surface area (TPSA) is 58.9 Å². The van der Waals surface area contributed by atoms with Crippen LogP contribution in [0.25, 0.3) is 5.65 Å². The molecule has 1 amide bonds.